The predicted molar refractivity (Wildman–Crippen MR) is 94.0 cm³/mol. The summed E-state index contributed by atoms with van der Waals surface area (Å²) in [6, 6.07) is 7.94. The normalized spacial score (nSPS) is 18.5. The van der Waals surface area contributed by atoms with E-state index < -0.39 is 5.60 Å². The van der Waals surface area contributed by atoms with E-state index in [0.29, 0.717) is 6.54 Å². The van der Waals surface area contributed by atoms with Gasteiger partial charge in [-0.25, -0.2) is 9.78 Å². The second-order valence-corrected chi connectivity index (χ2v) is 7.15. The third-order valence-electron chi connectivity index (χ3n) is 3.87. The summed E-state index contributed by atoms with van der Waals surface area (Å²) in [5.74, 6) is 0.740. The van der Waals surface area contributed by atoms with Crippen LogP contribution in [0.4, 0.5) is 10.6 Å². The molecule has 0 radical (unpaired) electrons. The smallest absolute Gasteiger partial charge is 0.410 e. The Balaban J connectivity index is 1.65. The van der Waals surface area contributed by atoms with Crippen molar-refractivity contribution in [2.75, 3.05) is 18.4 Å². The highest BCUT2D eigenvalue weighted by atomic mass is 16.6. The molecule has 1 aromatic carbocycles. The molecule has 0 aliphatic carbocycles. The summed E-state index contributed by atoms with van der Waals surface area (Å²) in [6.45, 7) is 7.00. The largest absolute Gasteiger partial charge is 0.444 e. The Hall–Kier alpha value is -2.37. The number of hydrogen-bond acceptors (Lipinski definition) is 5. The predicted octanol–water partition coefficient (Wildman–Crippen LogP) is 3.44. The Morgan fingerprint density at radius 2 is 2.04 bits per heavy atom. The summed E-state index contributed by atoms with van der Waals surface area (Å²) in [6.07, 6.45) is 3.43. The fraction of sp³-hybridized carbons (Fsp3) is 0.500. The number of anilines is 1. The molecule has 0 saturated carbocycles. The number of likely N-dealkylation sites (tertiary alicyclic amines) is 1. The van der Waals surface area contributed by atoms with Crippen LogP contribution in [0.1, 0.15) is 33.6 Å². The molecule has 128 valence electrons. The van der Waals surface area contributed by atoms with E-state index in [1.165, 1.54) is 0 Å². The van der Waals surface area contributed by atoms with Crippen molar-refractivity contribution in [1.82, 2.24) is 14.9 Å². The Bertz CT molecular complexity index is 726. The van der Waals surface area contributed by atoms with Gasteiger partial charge in [0, 0.05) is 19.1 Å². The van der Waals surface area contributed by atoms with Crippen molar-refractivity contribution in [2.24, 2.45) is 0 Å². The first-order valence-electron chi connectivity index (χ1n) is 8.37. The molecular weight excluding hydrogens is 304 g/mol. The second-order valence-electron chi connectivity index (χ2n) is 7.15. The highest BCUT2D eigenvalue weighted by Crippen LogP contribution is 2.19. The van der Waals surface area contributed by atoms with Gasteiger partial charge in [0.15, 0.2) is 0 Å². The summed E-state index contributed by atoms with van der Waals surface area (Å²) < 4.78 is 5.46. The number of carbonyl (C=O) groups excluding carboxylic acids is 1. The summed E-state index contributed by atoms with van der Waals surface area (Å²) in [5.41, 5.74) is 1.27. The summed E-state index contributed by atoms with van der Waals surface area (Å²) in [5, 5.41) is 3.40. The minimum Gasteiger partial charge on any atom is -0.444 e. The fourth-order valence-electron chi connectivity index (χ4n) is 2.82. The zero-order chi connectivity index (χ0) is 17.2. The Labute approximate surface area is 142 Å². The molecular formula is C18H24N4O2. The molecule has 1 atom stereocenters. The molecule has 6 heteroatoms. The number of fused-ring (bicyclic) bond motifs is 1. The minimum absolute atomic E-state index is 0.154. The molecule has 1 saturated heterocycles. The first kappa shape index (κ1) is 16.5. The molecule has 6 nitrogen and oxygen atoms in total. The van der Waals surface area contributed by atoms with Crippen molar-refractivity contribution in [3.63, 3.8) is 0 Å². The molecule has 1 amide bonds. The van der Waals surface area contributed by atoms with Gasteiger partial charge in [-0.2, -0.15) is 0 Å². The van der Waals surface area contributed by atoms with Gasteiger partial charge in [0.25, 0.3) is 0 Å². The van der Waals surface area contributed by atoms with E-state index in [-0.39, 0.29) is 12.1 Å². The standard InChI is InChI=1S/C18H24N4O2/c1-18(2,3)24-17(23)22-10-6-7-13(12-22)20-16-11-19-14-8-4-5-9-15(14)21-16/h4-5,8-9,11,13H,6-7,10,12H2,1-3H3,(H,20,21)/t13-/m1/s1. The van der Waals surface area contributed by atoms with Crippen LogP contribution in [0.25, 0.3) is 11.0 Å². The average molecular weight is 328 g/mol. The van der Waals surface area contributed by atoms with Gasteiger partial charge in [-0.05, 0) is 45.7 Å². The fourth-order valence-corrected chi connectivity index (χ4v) is 2.82. The molecule has 1 aliphatic rings. The summed E-state index contributed by atoms with van der Waals surface area (Å²) >= 11 is 0. The molecule has 0 spiro atoms. The van der Waals surface area contributed by atoms with Crippen molar-refractivity contribution in [2.45, 2.75) is 45.3 Å². The van der Waals surface area contributed by atoms with Gasteiger partial charge in [-0.15, -0.1) is 0 Å². The van der Waals surface area contributed by atoms with Gasteiger partial charge in [0.1, 0.15) is 11.4 Å². The van der Waals surface area contributed by atoms with Crippen LogP contribution in [-0.2, 0) is 4.74 Å². The minimum atomic E-state index is -0.471. The number of piperidine rings is 1. The van der Waals surface area contributed by atoms with Crippen molar-refractivity contribution in [3.8, 4) is 0 Å². The van der Waals surface area contributed by atoms with Crippen molar-refractivity contribution in [1.29, 1.82) is 0 Å². The molecule has 1 aliphatic heterocycles. The van der Waals surface area contributed by atoms with Crippen LogP contribution < -0.4 is 5.32 Å². The van der Waals surface area contributed by atoms with Crippen LogP contribution >= 0.6 is 0 Å². The molecule has 0 bridgehead atoms. The zero-order valence-electron chi connectivity index (χ0n) is 14.5. The van der Waals surface area contributed by atoms with Crippen LogP contribution in [0.2, 0.25) is 0 Å². The number of carbonyl (C=O) groups is 1. The number of hydrogen-bond donors (Lipinski definition) is 1. The van der Waals surface area contributed by atoms with Gasteiger partial charge in [0.05, 0.1) is 17.2 Å². The lowest BCUT2D eigenvalue weighted by molar-refractivity contribution is 0.0206. The van der Waals surface area contributed by atoms with E-state index in [1.807, 2.05) is 45.0 Å². The lowest BCUT2D eigenvalue weighted by atomic mass is 10.1. The molecule has 1 aromatic heterocycles. The van der Waals surface area contributed by atoms with Crippen LogP contribution in [0.15, 0.2) is 30.5 Å². The molecule has 3 rings (SSSR count). The van der Waals surface area contributed by atoms with Gasteiger partial charge < -0.3 is 15.0 Å². The number of ether oxygens (including phenoxy) is 1. The van der Waals surface area contributed by atoms with Gasteiger partial charge in [-0.1, -0.05) is 12.1 Å². The number of rotatable bonds is 2. The molecule has 0 unspecified atom stereocenters. The van der Waals surface area contributed by atoms with E-state index >= 15 is 0 Å². The van der Waals surface area contributed by atoms with E-state index in [0.717, 1.165) is 36.2 Å². The Morgan fingerprint density at radius 3 is 2.79 bits per heavy atom. The first-order chi connectivity index (χ1) is 11.4. The van der Waals surface area contributed by atoms with Crippen LogP contribution in [0.3, 0.4) is 0 Å². The van der Waals surface area contributed by atoms with E-state index in [9.17, 15) is 4.79 Å². The number of amides is 1. The summed E-state index contributed by atoms with van der Waals surface area (Å²) in [7, 11) is 0. The molecule has 1 fully saturated rings. The SMILES string of the molecule is CC(C)(C)OC(=O)N1CCC[C@@H](Nc2cnc3ccccc3n2)C1. The highest BCUT2D eigenvalue weighted by Gasteiger charge is 2.27. The first-order valence-corrected chi connectivity index (χ1v) is 8.37. The van der Waals surface area contributed by atoms with Crippen LogP contribution in [-0.4, -0.2) is 45.7 Å². The van der Waals surface area contributed by atoms with Gasteiger partial charge >= 0.3 is 6.09 Å². The quantitative estimate of drug-likeness (QED) is 0.914. The molecule has 2 heterocycles. The zero-order valence-corrected chi connectivity index (χ0v) is 14.5. The number of nitrogens with one attached hydrogen (secondary N) is 1. The van der Waals surface area contributed by atoms with Gasteiger partial charge in [-0.3, -0.25) is 4.98 Å². The van der Waals surface area contributed by atoms with Crippen LogP contribution in [0, 0.1) is 0 Å². The maximum Gasteiger partial charge on any atom is 0.410 e. The number of benzene rings is 1. The highest BCUT2D eigenvalue weighted by molar-refractivity contribution is 5.75. The third kappa shape index (κ3) is 4.13. The lowest BCUT2D eigenvalue weighted by Crippen LogP contribution is -2.47. The number of aromatic nitrogens is 2. The third-order valence-corrected chi connectivity index (χ3v) is 3.87. The average Bonchev–Trinajstić information content (AvgIpc) is 2.53. The van der Waals surface area contributed by atoms with Crippen molar-refractivity contribution >= 4 is 22.9 Å². The molecule has 1 N–H and O–H groups in total. The monoisotopic (exact) mass is 328 g/mol. The van der Waals surface area contributed by atoms with Crippen molar-refractivity contribution < 1.29 is 9.53 Å². The molecule has 24 heavy (non-hydrogen) atoms. The Kier molecular flexibility index (Phi) is 4.55. The maximum absolute atomic E-state index is 12.2. The van der Waals surface area contributed by atoms with Crippen molar-refractivity contribution in [3.05, 3.63) is 30.5 Å². The number of nitrogens with zero attached hydrogens (tertiary/aromatic N) is 3. The summed E-state index contributed by atoms with van der Waals surface area (Å²) in [4.78, 5) is 23.0. The lowest BCUT2D eigenvalue weighted by Gasteiger charge is -2.34. The number of para-hydroxylation sites is 2. The topological polar surface area (TPSA) is 67.3 Å². The van der Waals surface area contributed by atoms with E-state index in [1.54, 1.807) is 11.1 Å². The van der Waals surface area contributed by atoms with E-state index in [4.69, 9.17) is 4.74 Å². The van der Waals surface area contributed by atoms with Crippen LogP contribution in [0.5, 0.6) is 0 Å². The molecule has 2 aromatic rings. The maximum atomic E-state index is 12.2. The Morgan fingerprint density at radius 1 is 1.29 bits per heavy atom. The van der Waals surface area contributed by atoms with Gasteiger partial charge in [0.2, 0.25) is 0 Å². The van der Waals surface area contributed by atoms with E-state index in [2.05, 4.69) is 15.3 Å². The second kappa shape index (κ2) is 6.63.